The third-order valence-electron chi connectivity index (χ3n) is 1.54. The van der Waals surface area contributed by atoms with Gasteiger partial charge in [0.25, 0.3) is 0 Å². The summed E-state index contributed by atoms with van der Waals surface area (Å²) in [6.07, 6.45) is 1.03. The largest absolute Gasteiger partial charge is 0.246 e. The SMILES string of the molecule is CC(C)(C)c1nc(CCBr)cs1. The van der Waals surface area contributed by atoms with Crippen LogP contribution < -0.4 is 0 Å². The molecular weight excluding hydrogens is 234 g/mol. The van der Waals surface area contributed by atoms with Gasteiger partial charge in [-0.25, -0.2) is 4.98 Å². The molecule has 1 rings (SSSR count). The third-order valence-corrected chi connectivity index (χ3v) is 3.26. The first-order valence-electron chi connectivity index (χ1n) is 4.05. The number of halogens is 1. The number of hydrogen-bond acceptors (Lipinski definition) is 2. The molecule has 0 saturated carbocycles. The molecule has 0 N–H and O–H groups in total. The maximum absolute atomic E-state index is 4.56. The van der Waals surface area contributed by atoms with Gasteiger partial charge in [-0.1, -0.05) is 36.7 Å². The van der Waals surface area contributed by atoms with Gasteiger partial charge in [0.05, 0.1) is 10.7 Å². The van der Waals surface area contributed by atoms with E-state index < -0.39 is 0 Å². The molecule has 0 aliphatic rings. The van der Waals surface area contributed by atoms with Crippen LogP contribution in [-0.2, 0) is 11.8 Å². The molecule has 68 valence electrons. The monoisotopic (exact) mass is 247 g/mol. The first-order chi connectivity index (χ1) is 5.54. The minimum Gasteiger partial charge on any atom is -0.246 e. The van der Waals surface area contributed by atoms with Gasteiger partial charge in [0.1, 0.15) is 0 Å². The molecule has 1 aromatic rings. The Morgan fingerprint density at radius 2 is 2.17 bits per heavy atom. The van der Waals surface area contributed by atoms with Gasteiger partial charge < -0.3 is 0 Å². The van der Waals surface area contributed by atoms with E-state index >= 15 is 0 Å². The number of hydrogen-bond donors (Lipinski definition) is 0. The smallest absolute Gasteiger partial charge is 0.0981 e. The van der Waals surface area contributed by atoms with E-state index in [1.165, 1.54) is 10.7 Å². The molecule has 0 aliphatic carbocycles. The first-order valence-corrected chi connectivity index (χ1v) is 6.05. The van der Waals surface area contributed by atoms with Gasteiger partial charge >= 0.3 is 0 Å². The average molecular weight is 248 g/mol. The Balaban J connectivity index is 2.77. The van der Waals surface area contributed by atoms with Gasteiger partial charge in [0, 0.05) is 22.5 Å². The summed E-state index contributed by atoms with van der Waals surface area (Å²) < 4.78 is 0. The topological polar surface area (TPSA) is 12.9 Å². The highest BCUT2D eigenvalue weighted by atomic mass is 79.9. The van der Waals surface area contributed by atoms with Gasteiger partial charge in [-0.15, -0.1) is 11.3 Å². The molecule has 0 unspecified atom stereocenters. The Morgan fingerprint density at radius 3 is 2.58 bits per heavy atom. The second-order valence-electron chi connectivity index (χ2n) is 3.83. The number of nitrogens with zero attached hydrogens (tertiary/aromatic N) is 1. The van der Waals surface area contributed by atoms with Crippen LogP contribution in [0.5, 0.6) is 0 Å². The Kier molecular flexibility index (Phi) is 3.29. The molecule has 0 fully saturated rings. The minimum atomic E-state index is 0.204. The number of aryl methyl sites for hydroxylation is 1. The fourth-order valence-corrected chi connectivity index (χ4v) is 2.21. The van der Waals surface area contributed by atoms with Crippen molar-refractivity contribution in [1.82, 2.24) is 4.98 Å². The summed E-state index contributed by atoms with van der Waals surface area (Å²) in [6.45, 7) is 6.59. The number of rotatable bonds is 2. The van der Waals surface area contributed by atoms with Crippen LogP contribution in [0.3, 0.4) is 0 Å². The molecule has 0 radical (unpaired) electrons. The van der Waals surface area contributed by atoms with Gasteiger partial charge in [-0.3, -0.25) is 0 Å². The number of aromatic nitrogens is 1. The standard InChI is InChI=1S/C9H14BrNS/c1-9(2,3)8-11-7(4-5-10)6-12-8/h6H,4-5H2,1-3H3. The summed E-state index contributed by atoms with van der Waals surface area (Å²) in [4.78, 5) is 4.56. The van der Waals surface area contributed by atoms with Crippen molar-refractivity contribution >= 4 is 27.3 Å². The third kappa shape index (κ3) is 2.56. The lowest BCUT2D eigenvalue weighted by Crippen LogP contribution is -2.10. The van der Waals surface area contributed by atoms with Crippen LogP contribution in [0.4, 0.5) is 0 Å². The van der Waals surface area contributed by atoms with Crippen molar-refractivity contribution in [1.29, 1.82) is 0 Å². The molecule has 0 saturated heterocycles. The summed E-state index contributed by atoms with van der Waals surface area (Å²) in [5.41, 5.74) is 1.41. The zero-order valence-electron chi connectivity index (χ0n) is 7.72. The highest BCUT2D eigenvalue weighted by Crippen LogP contribution is 2.25. The lowest BCUT2D eigenvalue weighted by molar-refractivity contribution is 0.583. The summed E-state index contributed by atoms with van der Waals surface area (Å²) in [7, 11) is 0. The minimum absolute atomic E-state index is 0.204. The van der Waals surface area contributed by atoms with Crippen LogP contribution in [0.1, 0.15) is 31.5 Å². The molecule has 3 heteroatoms. The lowest BCUT2D eigenvalue weighted by atomic mass is 9.98. The molecule has 1 heterocycles. The van der Waals surface area contributed by atoms with E-state index in [4.69, 9.17) is 0 Å². The summed E-state index contributed by atoms with van der Waals surface area (Å²) in [5.74, 6) is 0. The number of alkyl halides is 1. The molecule has 12 heavy (non-hydrogen) atoms. The highest BCUT2D eigenvalue weighted by molar-refractivity contribution is 9.09. The van der Waals surface area contributed by atoms with E-state index in [1.54, 1.807) is 11.3 Å². The van der Waals surface area contributed by atoms with E-state index in [2.05, 4.69) is 47.1 Å². The van der Waals surface area contributed by atoms with Crippen molar-refractivity contribution in [2.75, 3.05) is 5.33 Å². The van der Waals surface area contributed by atoms with Crippen molar-refractivity contribution < 1.29 is 0 Å². The predicted octanol–water partition coefficient (Wildman–Crippen LogP) is 3.38. The van der Waals surface area contributed by atoms with Crippen LogP contribution >= 0.6 is 27.3 Å². The summed E-state index contributed by atoms with van der Waals surface area (Å²) >= 11 is 5.17. The van der Waals surface area contributed by atoms with Gasteiger partial charge in [-0.2, -0.15) is 0 Å². The molecule has 0 aliphatic heterocycles. The van der Waals surface area contributed by atoms with Gasteiger partial charge in [-0.05, 0) is 0 Å². The van der Waals surface area contributed by atoms with Crippen molar-refractivity contribution in [3.63, 3.8) is 0 Å². The molecular formula is C9H14BrNS. The average Bonchev–Trinajstić information content (AvgIpc) is 2.35. The van der Waals surface area contributed by atoms with Gasteiger partial charge in [0.2, 0.25) is 0 Å². The number of thiazole rings is 1. The predicted molar refractivity (Wildman–Crippen MR) is 58.3 cm³/mol. The van der Waals surface area contributed by atoms with E-state index in [9.17, 15) is 0 Å². The molecule has 0 amide bonds. The molecule has 0 spiro atoms. The zero-order chi connectivity index (χ0) is 9.19. The Labute approximate surface area is 86.3 Å². The molecule has 0 bridgehead atoms. The Hall–Kier alpha value is 0.110. The van der Waals surface area contributed by atoms with E-state index in [-0.39, 0.29) is 5.41 Å². The van der Waals surface area contributed by atoms with Crippen LogP contribution in [0.25, 0.3) is 0 Å². The van der Waals surface area contributed by atoms with Crippen LogP contribution in [0.15, 0.2) is 5.38 Å². The fraction of sp³-hybridized carbons (Fsp3) is 0.667. The van der Waals surface area contributed by atoms with Crippen molar-refractivity contribution in [3.8, 4) is 0 Å². The molecule has 0 aromatic carbocycles. The Morgan fingerprint density at radius 1 is 1.50 bits per heavy atom. The second kappa shape index (κ2) is 3.88. The molecule has 1 nitrogen and oxygen atoms in total. The molecule has 1 aromatic heterocycles. The van der Waals surface area contributed by atoms with Gasteiger partial charge in [0.15, 0.2) is 0 Å². The Bertz CT molecular complexity index is 249. The molecule has 0 atom stereocenters. The van der Waals surface area contributed by atoms with E-state index in [0.717, 1.165) is 11.8 Å². The fourth-order valence-electron chi connectivity index (χ4n) is 0.863. The maximum Gasteiger partial charge on any atom is 0.0981 e. The quantitative estimate of drug-likeness (QED) is 0.731. The second-order valence-corrected chi connectivity index (χ2v) is 5.48. The van der Waals surface area contributed by atoms with Crippen LogP contribution in [-0.4, -0.2) is 10.3 Å². The summed E-state index contributed by atoms with van der Waals surface area (Å²) in [6, 6.07) is 0. The van der Waals surface area contributed by atoms with E-state index in [0.29, 0.717) is 0 Å². The van der Waals surface area contributed by atoms with Crippen molar-refractivity contribution in [3.05, 3.63) is 16.1 Å². The van der Waals surface area contributed by atoms with E-state index in [1.807, 2.05) is 0 Å². The first kappa shape index (κ1) is 10.2. The maximum atomic E-state index is 4.56. The van der Waals surface area contributed by atoms with Crippen molar-refractivity contribution in [2.24, 2.45) is 0 Å². The summed E-state index contributed by atoms with van der Waals surface area (Å²) in [5, 5.41) is 4.39. The normalized spacial score (nSPS) is 12.0. The lowest BCUT2D eigenvalue weighted by Gasteiger charge is -2.13. The highest BCUT2D eigenvalue weighted by Gasteiger charge is 2.17. The van der Waals surface area contributed by atoms with Crippen LogP contribution in [0, 0.1) is 0 Å². The van der Waals surface area contributed by atoms with Crippen LogP contribution in [0.2, 0.25) is 0 Å². The zero-order valence-corrected chi connectivity index (χ0v) is 10.1. The van der Waals surface area contributed by atoms with Crippen molar-refractivity contribution in [2.45, 2.75) is 32.6 Å².